The van der Waals surface area contributed by atoms with E-state index in [4.69, 9.17) is 50.8 Å². The molecule has 0 saturated carbocycles. The Kier molecular flexibility index (Phi) is 12.0. The number of halogens is 4. The minimum Gasteiger partial charge on any atom is -0.477 e. The molecule has 0 spiro atoms. The number of furan rings is 1. The molecule has 0 amide bonds. The maximum atomic E-state index is 12.1. The second kappa shape index (κ2) is 16.2. The van der Waals surface area contributed by atoms with Gasteiger partial charge in [-0.1, -0.05) is 77.6 Å². The van der Waals surface area contributed by atoms with E-state index >= 15 is 0 Å². The van der Waals surface area contributed by atoms with Crippen LogP contribution in [0.4, 0.5) is 0 Å². The number of benzene rings is 3. The van der Waals surface area contributed by atoms with Crippen LogP contribution in [-0.4, -0.2) is 61.5 Å². The number of nitrogens with one attached hydrogen (secondary N) is 2. The molecule has 0 atom stereocenters. The van der Waals surface area contributed by atoms with Gasteiger partial charge in [0, 0.05) is 54.7 Å². The number of carbonyl (C=O) groups is 2. The highest BCUT2D eigenvalue weighted by molar-refractivity contribution is 7.90. The molecular weight excluding hydrogens is 878 g/mol. The summed E-state index contributed by atoms with van der Waals surface area (Å²) in [4.78, 5) is 29.6. The molecule has 7 aromatic rings. The molecule has 0 aliphatic carbocycles. The molecule has 0 fully saturated rings. The fourth-order valence-corrected chi connectivity index (χ4v) is 10.5. The predicted octanol–water partition coefficient (Wildman–Crippen LogP) is 11.0. The summed E-state index contributed by atoms with van der Waals surface area (Å²) >= 11 is 26.1. The van der Waals surface area contributed by atoms with E-state index in [2.05, 4.69) is 9.97 Å². The highest BCUT2D eigenvalue weighted by Crippen LogP contribution is 2.44. The summed E-state index contributed by atoms with van der Waals surface area (Å²) in [5.41, 5.74) is 7.20. The molecule has 18 heteroatoms. The third-order valence-electron chi connectivity index (χ3n) is 8.93. The van der Waals surface area contributed by atoms with Gasteiger partial charge in [-0.05, 0) is 71.5 Å². The predicted molar refractivity (Wildman–Crippen MR) is 228 cm³/mol. The summed E-state index contributed by atoms with van der Waals surface area (Å²) < 4.78 is 53.1. The zero-order valence-electron chi connectivity index (χ0n) is 30.4. The molecule has 0 radical (unpaired) electrons. The summed E-state index contributed by atoms with van der Waals surface area (Å²) in [5.74, 6) is -1.85. The zero-order chi connectivity index (χ0) is 41.7. The van der Waals surface area contributed by atoms with E-state index in [-0.39, 0.29) is 27.9 Å². The maximum absolute atomic E-state index is 12.1. The molecule has 7 rings (SSSR count). The van der Waals surface area contributed by atoms with Crippen molar-refractivity contribution in [3.63, 3.8) is 0 Å². The van der Waals surface area contributed by atoms with E-state index < -0.39 is 31.6 Å². The Balaban J connectivity index is 0.000000214. The van der Waals surface area contributed by atoms with Gasteiger partial charge in [0.2, 0.25) is 0 Å². The first kappa shape index (κ1) is 42.3. The maximum Gasteiger partial charge on any atom is 0.353 e. The molecule has 0 saturated heterocycles. The lowest BCUT2D eigenvalue weighted by molar-refractivity contribution is 0.0681. The average molecular weight is 911 g/mol. The van der Waals surface area contributed by atoms with Gasteiger partial charge in [0.1, 0.15) is 17.1 Å². The number of aromatic carboxylic acids is 2. The Morgan fingerprint density at radius 1 is 0.719 bits per heavy atom. The number of hydrogen-bond acceptors (Lipinski definition) is 8. The number of hydrogen-bond donors (Lipinski definition) is 4. The van der Waals surface area contributed by atoms with Gasteiger partial charge >= 0.3 is 11.9 Å². The Labute approximate surface area is 351 Å². The second-order valence-corrected chi connectivity index (χ2v) is 20.2. The normalized spacial score (nSPS) is 11.9. The third kappa shape index (κ3) is 9.07. The number of H-pyrrole nitrogens is 2. The summed E-state index contributed by atoms with van der Waals surface area (Å²) in [6.45, 7) is 3.86. The molecule has 57 heavy (non-hydrogen) atoms. The molecule has 11 nitrogen and oxygen atoms in total. The van der Waals surface area contributed by atoms with Gasteiger partial charge in [0.05, 0.1) is 32.8 Å². The van der Waals surface area contributed by atoms with Gasteiger partial charge in [-0.25, -0.2) is 26.4 Å². The van der Waals surface area contributed by atoms with Crippen molar-refractivity contribution in [1.29, 1.82) is 0 Å². The van der Waals surface area contributed by atoms with Crippen molar-refractivity contribution in [1.82, 2.24) is 9.97 Å². The molecule has 4 heterocycles. The van der Waals surface area contributed by atoms with Crippen LogP contribution < -0.4 is 0 Å². The Bertz CT molecular complexity index is 2960. The minimum atomic E-state index is -3.29. The molecule has 3 aromatic carbocycles. The van der Waals surface area contributed by atoms with Crippen LogP contribution in [0.15, 0.2) is 64.4 Å². The van der Waals surface area contributed by atoms with Crippen molar-refractivity contribution in [3.8, 4) is 33.4 Å². The molecule has 298 valence electrons. The van der Waals surface area contributed by atoms with E-state index in [1.54, 1.807) is 54.6 Å². The topological polar surface area (TPSA) is 188 Å². The van der Waals surface area contributed by atoms with Crippen molar-refractivity contribution in [2.24, 2.45) is 0 Å². The van der Waals surface area contributed by atoms with Crippen LogP contribution in [-0.2, 0) is 37.6 Å². The molecule has 0 aliphatic rings. The molecule has 0 aliphatic heterocycles. The number of aromatic nitrogens is 2. The summed E-state index contributed by atoms with van der Waals surface area (Å²) in [5, 5.41) is 22.6. The van der Waals surface area contributed by atoms with Crippen molar-refractivity contribution in [2.45, 2.75) is 31.8 Å². The number of thiophene rings is 1. The molecule has 0 bridgehead atoms. The van der Waals surface area contributed by atoms with Crippen LogP contribution in [0.3, 0.4) is 0 Å². The van der Waals surface area contributed by atoms with Crippen molar-refractivity contribution < 1.29 is 41.1 Å². The summed E-state index contributed by atoms with van der Waals surface area (Å²) in [6.07, 6.45) is 2.99. The Morgan fingerprint density at radius 3 is 1.74 bits per heavy atom. The number of rotatable bonds is 10. The Hall–Kier alpha value is -4.28. The van der Waals surface area contributed by atoms with E-state index in [1.807, 2.05) is 19.2 Å². The summed E-state index contributed by atoms with van der Waals surface area (Å²) in [7, 11) is -6.55. The molecule has 4 aromatic heterocycles. The molecular formula is C39H32Cl4N2O9S3. The van der Waals surface area contributed by atoms with Gasteiger partial charge in [-0.3, -0.25) is 0 Å². The number of carboxylic acids is 2. The largest absolute Gasteiger partial charge is 0.477 e. The fourth-order valence-electron chi connectivity index (χ4n) is 6.58. The van der Waals surface area contributed by atoms with Gasteiger partial charge < -0.3 is 24.6 Å². The standard InChI is InChI=1S/C23H19Cl2NO6S3.C16H13Cl2NO3/c1-34(29,30)10-14-5-3-12(7-17(14)24)16-9-33-22-19(21(23(27)28)26-20(16)22)13-4-6-15(18(25)8-13)11-35(2,31)32;1-3-11-7(2)22-15-12(14(16(20)21)19-13(11)15)8-4-9(17)6-10(18)5-8/h3-9,26H,10-11H2,1-2H3,(H,27,28);4-6,19H,3H2,1-2H3,(H,20,21). The Morgan fingerprint density at radius 2 is 1.23 bits per heavy atom. The van der Waals surface area contributed by atoms with E-state index in [9.17, 15) is 36.6 Å². The average Bonchev–Trinajstić information content (AvgIpc) is 3.84. The third-order valence-corrected chi connectivity index (χ3v) is 12.7. The second-order valence-electron chi connectivity index (χ2n) is 13.3. The minimum absolute atomic E-state index is 0.0279. The van der Waals surface area contributed by atoms with Crippen LogP contribution in [0.25, 0.3) is 54.7 Å². The van der Waals surface area contributed by atoms with Crippen LogP contribution >= 0.6 is 57.7 Å². The van der Waals surface area contributed by atoms with E-state index in [0.29, 0.717) is 80.9 Å². The van der Waals surface area contributed by atoms with Gasteiger partial charge in [-0.2, -0.15) is 0 Å². The SMILES string of the molecule is CCc1c(C)oc2c(-c3cc(Cl)cc(Cl)c3)c(C(=O)O)[nH]c12.CS(=O)(=O)Cc1ccc(-c2csc3c(-c4ccc(CS(C)(=O)=O)c(Cl)c4)c(C(=O)O)[nH]c23)cc1Cl. The number of sulfone groups is 2. The van der Waals surface area contributed by atoms with Crippen molar-refractivity contribution in [3.05, 3.63) is 114 Å². The molecule has 0 unspecified atom stereocenters. The van der Waals surface area contributed by atoms with Gasteiger partial charge in [0.15, 0.2) is 25.3 Å². The first-order chi connectivity index (χ1) is 26.6. The lowest BCUT2D eigenvalue weighted by atomic mass is 10.0. The molecule has 4 N–H and O–H groups in total. The lowest BCUT2D eigenvalue weighted by Crippen LogP contribution is -2.02. The monoisotopic (exact) mass is 908 g/mol. The van der Waals surface area contributed by atoms with Crippen LogP contribution in [0, 0.1) is 6.92 Å². The van der Waals surface area contributed by atoms with Gasteiger partial charge in [-0.15, -0.1) is 11.3 Å². The fraction of sp³-hybridized carbons (Fsp3) is 0.179. The summed E-state index contributed by atoms with van der Waals surface area (Å²) in [6, 6.07) is 14.8. The smallest absolute Gasteiger partial charge is 0.353 e. The quantitative estimate of drug-likeness (QED) is 0.104. The number of carboxylic acid groups (broad SMARTS) is 2. The van der Waals surface area contributed by atoms with E-state index in [1.165, 1.54) is 11.3 Å². The van der Waals surface area contributed by atoms with Crippen LogP contribution in [0.1, 0.15) is 50.4 Å². The van der Waals surface area contributed by atoms with Gasteiger partial charge in [0.25, 0.3) is 0 Å². The first-order valence-corrected chi connectivity index (χ1v) is 23.3. The lowest BCUT2D eigenvalue weighted by Gasteiger charge is -2.07. The number of aromatic amines is 2. The number of fused-ring (bicyclic) bond motifs is 2. The van der Waals surface area contributed by atoms with Crippen molar-refractivity contribution in [2.75, 3.05) is 12.5 Å². The van der Waals surface area contributed by atoms with Crippen LogP contribution in [0.5, 0.6) is 0 Å². The van der Waals surface area contributed by atoms with E-state index in [0.717, 1.165) is 30.3 Å². The number of aryl methyl sites for hydroxylation is 2. The van der Waals surface area contributed by atoms with Crippen molar-refractivity contribution >= 4 is 111 Å². The van der Waals surface area contributed by atoms with Crippen LogP contribution in [0.2, 0.25) is 20.1 Å². The highest BCUT2D eigenvalue weighted by atomic mass is 35.5. The highest BCUT2D eigenvalue weighted by Gasteiger charge is 2.26. The zero-order valence-corrected chi connectivity index (χ0v) is 35.9. The first-order valence-electron chi connectivity index (χ1n) is 16.8.